The zero-order chi connectivity index (χ0) is 39.0. The molecule has 0 radical (unpaired) electrons. The summed E-state index contributed by atoms with van der Waals surface area (Å²) in [6, 6.07) is 58.2. The Bertz CT molecular complexity index is 2760. The smallest absolute Gasteiger partial charge is 0.0543 e. The molecule has 1 spiro atoms. The van der Waals surface area contributed by atoms with Crippen molar-refractivity contribution in [2.24, 2.45) is 23.7 Å². The Morgan fingerprint density at radius 2 is 1.10 bits per heavy atom. The van der Waals surface area contributed by atoms with Crippen molar-refractivity contribution >= 4 is 27.8 Å². The first-order valence-electron chi connectivity index (χ1n) is 22.1. The van der Waals surface area contributed by atoms with E-state index in [0.717, 1.165) is 23.7 Å². The van der Waals surface area contributed by atoms with E-state index >= 15 is 0 Å². The van der Waals surface area contributed by atoms with E-state index in [1.807, 2.05) is 0 Å². The maximum Gasteiger partial charge on any atom is 0.0543 e. The van der Waals surface area contributed by atoms with E-state index in [2.05, 4.69) is 184 Å². The van der Waals surface area contributed by atoms with Gasteiger partial charge < -0.3 is 4.90 Å². The summed E-state index contributed by atoms with van der Waals surface area (Å²) in [5, 5.41) is 2.58. The largest absolute Gasteiger partial charge is 0.310 e. The molecule has 6 aliphatic carbocycles. The second-order valence-electron chi connectivity index (χ2n) is 19.9. The minimum Gasteiger partial charge on any atom is -0.310 e. The topological polar surface area (TPSA) is 3.24 Å². The van der Waals surface area contributed by atoms with Gasteiger partial charge in [-0.2, -0.15) is 0 Å². The van der Waals surface area contributed by atoms with Crippen LogP contribution in [-0.2, 0) is 16.2 Å². The van der Waals surface area contributed by atoms with Crippen LogP contribution in [0.3, 0.4) is 0 Å². The second-order valence-corrected chi connectivity index (χ2v) is 19.9. The van der Waals surface area contributed by atoms with Crippen LogP contribution in [0.4, 0.5) is 17.1 Å². The number of hydrogen-bond donors (Lipinski definition) is 0. The van der Waals surface area contributed by atoms with Gasteiger partial charge >= 0.3 is 0 Å². The van der Waals surface area contributed by atoms with Gasteiger partial charge in [0.1, 0.15) is 0 Å². The molecule has 7 aromatic carbocycles. The third kappa shape index (κ3) is 4.77. The molecule has 7 aromatic rings. The maximum atomic E-state index is 2.68. The van der Waals surface area contributed by atoms with E-state index in [9.17, 15) is 0 Å². The van der Waals surface area contributed by atoms with Crippen molar-refractivity contribution in [1.29, 1.82) is 0 Å². The first kappa shape index (κ1) is 34.6. The minimum atomic E-state index is 0.0476. The molecule has 4 fully saturated rings. The number of rotatable bonds is 5. The van der Waals surface area contributed by atoms with Crippen LogP contribution in [-0.4, -0.2) is 0 Å². The molecule has 4 saturated carbocycles. The molecule has 0 heterocycles. The van der Waals surface area contributed by atoms with Crippen molar-refractivity contribution in [3.63, 3.8) is 0 Å². The zero-order valence-electron chi connectivity index (χ0n) is 34.4. The Kier molecular flexibility index (Phi) is 7.35. The number of benzene rings is 7. The van der Waals surface area contributed by atoms with Gasteiger partial charge in [-0.1, -0.05) is 155 Å². The number of fused-ring (bicyclic) bond motifs is 5. The highest BCUT2D eigenvalue weighted by Gasteiger charge is 2.66. The third-order valence-corrected chi connectivity index (χ3v) is 16.1. The summed E-state index contributed by atoms with van der Waals surface area (Å²) in [5.41, 5.74) is 18.4. The van der Waals surface area contributed by atoms with E-state index in [4.69, 9.17) is 0 Å². The van der Waals surface area contributed by atoms with Crippen LogP contribution in [0.1, 0.15) is 88.5 Å². The molecule has 13 rings (SSSR count). The van der Waals surface area contributed by atoms with Gasteiger partial charge in [0.05, 0.1) is 11.4 Å². The van der Waals surface area contributed by atoms with Crippen molar-refractivity contribution in [3.05, 3.63) is 174 Å². The molecule has 1 nitrogen and oxygen atoms in total. The molecule has 0 aromatic heterocycles. The molecule has 0 amide bonds. The van der Waals surface area contributed by atoms with Crippen molar-refractivity contribution in [1.82, 2.24) is 0 Å². The molecule has 58 heavy (non-hydrogen) atoms. The van der Waals surface area contributed by atoms with Gasteiger partial charge in [0.25, 0.3) is 0 Å². The summed E-state index contributed by atoms with van der Waals surface area (Å²) >= 11 is 0. The average molecular weight is 752 g/mol. The SMILES string of the molecule is CC1(C)CCC(C)(C)c2c(N(c3ccc(-c4ccc(-c5cccc6ccccc56)cc4)cc3)c3cccc4c3-c3ccccc3C43C4CC5CC(C4)C3C5)cccc21. The predicted octanol–water partition coefficient (Wildman–Crippen LogP) is 15.3. The molecule has 0 N–H and O–H groups in total. The second kappa shape index (κ2) is 12.3. The fraction of sp³-hybridized carbons (Fsp3) is 0.298. The predicted molar refractivity (Wildman–Crippen MR) is 243 cm³/mol. The van der Waals surface area contributed by atoms with Crippen molar-refractivity contribution < 1.29 is 0 Å². The molecule has 4 bridgehead atoms. The fourth-order valence-corrected chi connectivity index (χ4v) is 13.6. The normalized spacial score (nSPS) is 25.2. The van der Waals surface area contributed by atoms with E-state index in [1.165, 1.54) is 111 Å². The van der Waals surface area contributed by atoms with E-state index < -0.39 is 0 Å². The summed E-state index contributed by atoms with van der Waals surface area (Å²) in [4.78, 5) is 2.68. The number of anilines is 3. The monoisotopic (exact) mass is 751 g/mol. The van der Waals surface area contributed by atoms with Crippen LogP contribution in [0.15, 0.2) is 152 Å². The molecule has 1 heteroatoms. The highest BCUT2D eigenvalue weighted by atomic mass is 15.2. The summed E-state index contributed by atoms with van der Waals surface area (Å²) in [6.45, 7) is 9.89. The third-order valence-electron chi connectivity index (χ3n) is 16.1. The maximum absolute atomic E-state index is 2.68. The Morgan fingerprint density at radius 3 is 1.91 bits per heavy atom. The van der Waals surface area contributed by atoms with Gasteiger partial charge in [0.2, 0.25) is 0 Å². The first-order valence-corrected chi connectivity index (χ1v) is 22.1. The fourth-order valence-electron chi connectivity index (χ4n) is 13.6. The van der Waals surface area contributed by atoms with Gasteiger partial charge in [0.15, 0.2) is 0 Å². The quantitative estimate of drug-likeness (QED) is 0.169. The highest BCUT2D eigenvalue weighted by Crippen LogP contribution is 2.73. The van der Waals surface area contributed by atoms with Gasteiger partial charge in [-0.05, 0) is 158 Å². The Hall–Kier alpha value is -5.40. The van der Waals surface area contributed by atoms with Gasteiger partial charge in [-0.15, -0.1) is 0 Å². The van der Waals surface area contributed by atoms with Gasteiger partial charge in [-0.25, -0.2) is 0 Å². The van der Waals surface area contributed by atoms with E-state index in [1.54, 1.807) is 11.1 Å². The van der Waals surface area contributed by atoms with Crippen molar-refractivity contribution in [2.75, 3.05) is 4.90 Å². The van der Waals surface area contributed by atoms with Crippen LogP contribution in [0.5, 0.6) is 0 Å². The van der Waals surface area contributed by atoms with E-state index in [0.29, 0.717) is 0 Å². The summed E-state index contributed by atoms with van der Waals surface area (Å²) in [6.07, 6.45) is 8.04. The van der Waals surface area contributed by atoms with Gasteiger partial charge in [-0.3, -0.25) is 0 Å². The lowest BCUT2D eigenvalue weighted by Crippen LogP contribution is -2.40. The van der Waals surface area contributed by atoms with Crippen molar-refractivity contribution in [3.8, 4) is 33.4 Å². The molecule has 286 valence electrons. The average Bonchev–Trinajstić information content (AvgIpc) is 3.80. The van der Waals surface area contributed by atoms with Crippen molar-refractivity contribution in [2.45, 2.75) is 82.5 Å². The number of hydrogen-bond acceptors (Lipinski definition) is 1. The minimum absolute atomic E-state index is 0.0476. The Morgan fingerprint density at radius 1 is 0.483 bits per heavy atom. The van der Waals surface area contributed by atoms with Crippen LogP contribution in [0, 0.1) is 23.7 Å². The molecule has 5 atom stereocenters. The van der Waals surface area contributed by atoms with Crippen LogP contribution in [0.25, 0.3) is 44.2 Å². The van der Waals surface area contributed by atoms with Crippen LogP contribution >= 0.6 is 0 Å². The molecular weight excluding hydrogens is 699 g/mol. The molecule has 6 aliphatic rings. The summed E-state index contributed by atoms with van der Waals surface area (Å²) in [5.74, 6) is 3.32. The lowest BCUT2D eigenvalue weighted by atomic mass is 9.59. The Balaban J connectivity index is 1.02. The highest BCUT2D eigenvalue weighted by molar-refractivity contribution is 5.98. The van der Waals surface area contributed by atoms with Gasteiger partial charge in [0, 0.05) is 16.7 Å². The molecular formula is C57H53N. The number of nitrogens with zero attached hydrogens (tertiary/aromatic N) is 1. The van der Waals surface area contributed by atoms with Crippen LogP contribution in [0.2, 0.25) is 0 Å². The standard InChI is InChI=1S/C57H53N/c1-55(2)30-31-56(3,4)54-49(55)19-11-21-52(54)58(43-28-26-38(27-29-43)37-22-24-40(25-23-37)45-16-9-13-39-12-5-6-14-44(39)45)51-20-10-18-48-53(51)46-15-7-8-17-47(46)57(48)42-33-36-32-41(35-42)50(57)34-36/h5-29,36,41-42,50H,30-35H2,1-4H3. The zero-order valence-corrected chi connectivity index (χ0v) is 34.4. The lowest BCUT2D eigenvalue weighted by molar-refractivity contribution is 0.191. The molecule has 0 saturated heterocycles. The lowest BCUT2D eigenvalue weighted by Gasteiger charge is -2.45. The first-order chi connectivity index (χ1) is 28.2. The Labute approximate surface area is 344 Å². The molecule has 0 aliphatic heterocycles. The summed E-state index contributed by atoms with van der Waals surface area (Å²) < 4.78 is 0. The van der Waals surface area contributed by atoms with E-state index in [-0.39, 0.29) is 16.2 Å². The molecule has 5 unspecified atom stereocenters. The summed E-state index contributed by atoms with van der Waals surface area (Å²) in [7, 11) is 0. The van der Waals surface area contributed by atoms with Crippen LogP contribution < -0.4 is 4.90 Å².